The minimum absolute atomic E-state index is 0.159. The Labute approximate surface area is 114 Å². The molecule has 0 aromatic rings. The van der Waals surface area contributed by atoms with Crippen LogP contribution >= 0.6 is 11.6 Å². The molecular weight excluding hydrogens is 246 g/mol. The number of hydrogen-bond donors (Lipinski definition) is 0. The molecule has 0 radical (unpaired) electrons. The van der Waals surface area contributed by atoms with Gasteiger partial charge in [-0.1, -0.05) is 13.8 Å². The highest BCUT2D eigenvalue weighted by Crippen LogP contribution is 2.45. The number of nitrogens with zero attached hydrogens (tertiary/aromatic N) is 1. The van der Waals surface area contributed by atoms with E-state index in [-0.39, 0.29) is 5.92 Å². The second-order valence-corrected chi connectivity index (χ2v) is 6.99. The predicted molar refractivity (Wildman–Crippen MR) is 73.5 cm³/mol. The topological polar surface area (TPSA) is 20.3 Å². The first-order chi connectivity index (χ1) is 8.58. The van der Waals surface area contributed by atoms with Gasteiger partial charge < -0.3 is 4.90 Å². The van der Waals surface area contributed by atoms with E-state index in [1.165, 1.54) is 6.42 Å². The van der Waals surface area contributed by atoms with Crippen LogP contribution in [0.2, 0.25) is 0 Å². The first-order valence-electron chi connectivity index (χ1n) is 7.21. The highest BCUT2D eigenvalue weighted by atomic mass is 35.5. The van der Waals surface area contributed by atoms with Crippen LogP contribution in [-0.4, -0.2) is 28.1 Å². The lowest BCUT2D eigenvalue weighted by atomic mass is 9.68. The summed E-state index contributed by atoms with van der Waals surface area (Å²) in [6.45, 7) is 4.43. The normalized spacial score (nSPS) is 47.7. The third-order valence-corrected chi connectivity index (χ3v) is 5.74. The molecule has 6 unspecified atom stereocenters. The Morgan fingerprint density at radius 3 is 2.78 bits per heavy atom. The zero-order valence-electron chi connectivity index (χ0n) is 11.2. The molecular formula is C15H22ClNO. The maximum Gasteiger partial charge on any atom is 0.161 e. The number of fused-ring (bicyclic) bond motifs is 3. The molecule has 1 saturated carbocycles. The average molecular weight is 268 g/mol. The molecule has 2 heterocycles. The summed E-state index contributed by atoms with van der Waals surface area (Å²) in [6, 6.07) is 1.03. The number of allylic oxidation sites excluding steroid dienone is 1. The lowest BCUT2D eigenvalue weighted by molar-refractivity contribution is -0.123. The number of carbonyl (C=O) groups excluding carboxylic acids is 1. The predicted octanol–water partition coefficient (Wildman–Crippen LogP) is 3.21. The van der Waals surface area contributed by atoms with Gasteiger partial charge in [0.05, 0.1) is 0 Å². The van der Waals surface area contributed by atoms with Crippen LogP contribution in [-0.2, 0) is 4.79 Å². The van der Waals surface area contributed by atoms with Gasteiger partial charge in [-0.25, -0.2) is 0 Å². The Bertz CT molecular complexity index is 381. The maximum absolute atomic E-state index is 11.8. The second-order valence-electron chi connectivity index (χ2n) is 6.38. The van der Waals surface area contributed by atoms with Crippen LogP contribution in [0.15, 0.2) is 12.3 Å². The van der Waals surface area contributed by atoms with E-state index in [0.29, 0.717) is 35.1 Å². The lowest BCUT2D eigenvalue weighted by Gasteiger charge is -2.54. The summed E-state index contributed by atoms with van der Waals surface area (Å²) >= 11 is 6.34. The molecule has 6 atom stereocenters. The van der Waals surface area contributed by atoms with Crippen molar-refractivity contribution in [2.75, 3.05) is 0 Å². The van der Waals surface area contributed by atoms with Crippen LogP contribution in [0.25, 0.3) is 0 Å². The van der Waals surface area contributed by atoms with Gasteiger partial charge in [-0.05, 0) is 43.6 Å². The molecule has 0 N–H and O–H groups in total. The standard InChI is InChI=1S/C15H22ClNO/c1-9-7-14-10(2)15(18)5-6-17(14)13-4-3-11(16)8-12(9)13/h5-6,9-14H,3-4,7-8H2,1-2H3. The van der Waals surface area contributed by atoms with Crippen molar-refractivity contribution in [1.82, 2.24) is 4.90 Å². The zero-order valence-corrected chi connectivity index (χ0v) is 11.9. The monoisotopic (exact) mass is 267 g/mol. The van der Waals surface area contributed by atoms with Gasteiger partial charge in [0.2, 0.25) is 0 Å². The summed E-state index contributed by atoms with van der Waals surface area (Å²) in [5, 5.41) is 0.359. The molecule has 1 saturated heterocycles. The summed E-state index contributed by atoms with van der Waals surface area (Å²) in [5.74, 6) is 1.86. The fourth-order valence-corrected chi connectivity index (χ4v) is 4.56. The molecule has 3 heteroatoms. The minimum atomic E-state index is 0.159. The fraction of sp³-hybridized carbons (Fsp3) is 0.800. The Morgan fingerprint density at radius 1 is 1.22 bits per heavy atom. The minimum Gasteiger partial charge on any atom is -0.370 e. The molecule has 100 valence electrons. The summed E-state index contributed by atoms with van der Waals surface area (Å²) in [5.41, 5.74) is 0. The summed E-state index contributed by atoms with van der Waals surface area (Å²) < 4.78 is 0. The number of rotatable bonds is 0. The Balaban J connectivity index is 1.88. The third kappa shape index (κ3) is 1.89. The van der Waals surface area contributed by atoms with Gasteiger partial charge in [-0.15, -0.1) is 11.6 Å². The zero-order chi connectivity index (χ0) is 12.9. The van der Waals surface area contributed by atoms with Crippen molar-refractivity contribution in [3.05, 3.63) is 12.3 Å². The molecule has 2 nitrogen and oxygen atoms in total. The highest BCUT2D eigenvalue weighted by Gasteiger charge is 2.46. The molecule has 0 spiro atoms. The van der Waals surface area contributed by atoms with Crippen molar-refractivity contribution in [2.24, 2.45) is 17.8 Å². The fourth-order valence-electron chi connectivity index (χ4n) is 4.23. The van der Waals surface area contributed by atoms with E-state index in [0.717, 1.165) is 19.3 Å². The van der Waals surface area contributed by atoms with Gasteiger partial charge >= 0.3 is 0 Å². The molecule has 0 bridgehead atoms. The Morgan fingerprint density at radius 2 is 2.00 bits per heavy atom. The van der Waals surface area contributed by atoms with Crippen LogP contribution in [0.5, 0.6) is 0 Å². The van der Waals surface area contributed by atoms with Crippen LogP contribution in [0.4, 0.5) is 0 Å². The summed E-state index contributed by atoms with van der Waals surface area (Å²) in [7, 11) is 0. The number of carbonyl (C=O) groups is 1. The van der Waals surface area contributed by atoms with E-state index in [1.54, 1.807) is 6.08 Å². The average Bonchev–Trinajstić information content (AvgIpc) is 2.35. The van der Waals surface area contributed by atoms with E-state index in [9.17, 15) is 4.79 Å². The summed E-state index contributed by atoms with van der Waals surface area (Å²) in [6.07, 6.45) is 8.43. The number of hydrogen-bond acceptors (Lipinski definition) is 2. The first-order valence-corrected chi connectivity index (χ1v) is 7.65. The quantitative estimate of drug-likeness (QED) is 0.628. The molecule has 0 aromatic carbocycles. The van der Waals surface area contributed by atoms with Crippen LogP contribution < -0.4 is 0 Å². The van der Waals surface area contributed by atoms with Gasteiger partial charge in [0.25, 0.3) is 0 Å². The van der Waals surface area contributed by atoms with E-state index >= 15 is 0 Å². The number of halogens is 1. The third-order valence-electron chi connectivity index (χ3n) is 5.34. The Hall–Kier alpha value is -0.500. The highest BCUT2D eigenvalue weighted by molar-refractivity contribution is 6.20. The number of alkyl halides is 1. The van der Waals surface area contributed by atoms with Crippen LogP contribution in [0.3, 0.4) is 0 Å². The largest absolute Gasteiger partial charge is 0.370 e. The number of piperidine rings is 1. The summed E-state index contributed by atoms with van der Waals surface area (Å²) in [4.78, 5) is 14.3. The van der Waals surface area contributed by atoms with E-state index in [2.05, 4.69) is 24.9 Å². The SMILES string of the molecule is CC1CC2C(C)C(=O)C=CN2C2CCC(Cl)CC12. The van der Waals surface area contributed by atoms with Gasteiger partial charge in [0, 0.05) is 29.6 Å². The van der Waals surface area contributed by atoms with Crippen LogP contribution in [0, 0.1) is 17.8 Å². The van der Waals surface area contributed by atoms with E-state index in [4.69, 9.17) is 11.6 Å². The molecule has 0 aromatic heterocycles. The molecule has 3 aliphatic rings. The smallest absolute Gasteiger partial charge is 0.161 e. The number of ketones is 1. The molecule has 3 rings (SSSR count). The second kappa shape index (κ2) is 4.56. The van der Waals surface area contributed by atoms with Crippen molar-refractivity contribution in [2.45, 2.75) is 57.0 Å². The van der Waals surface area contributed by atoms with Crippen molar-refractivity contribution >= 4 is 17.4 Å². The van der Waals surface area contributed by atoms with Crippen molar-refractivity contribution in [3.63, 3.8) is 0 Å². The molecule has 1 aliphatic carbocycles. The van der Waals surface area contributed by atoms with Crippen molar-refractivity contribution < 1.29 is 4.79 Å². The molecule has 2 fully saturated rings. The maximum atomic E-state index is 11.8. The van der Waals surface area contributed by atoms with Crippen LogP contribution in [0.1, 0.15) is 39.5 Å². The molecule has 2 aliphatic heterocycles. The van der Waals surface area contributed by atoms with Gasteiger partial charge in [-0.2, -0.15) is 0 Å². The first kappa shape index (κ1) is 12.5. The van der Waals surface area contributed by atoms with Gasteiger partial charge in [0.1, 0.15) is 0 Å². The molecule has 18 heavy (non-hydrogen) atoms. The van der Waals surface area contributed by atoms with E-state index < -0.39 is 0 Å². The van der Waals surface area contributed by atoms with Gasteiger partial charge in [0.15, 0.2) is 5.78 Å². The van der Waals surface area contributed by atoms with Crippen molar-refractivity contribution in [1.29, 1.82) is 0 Å². The lowest BCUT2D eigenvalue weighted by Crippen LogP contribution is -2.57. The van der Waals surface area contributed by atoms with Gasteiger partial charge in [-0.3, -0.25) is 4.79 Å². The molecule has 0 amide bonds. The Kier molecular flexibility index (Phi) is 3.17. The van der Waals surface area contributed by atoms with E-state index in [1.807, 2.05) is 0 Å². The van der Waals surface area contributed by atoms with Crippen molar-refractivity contribution in [3.8, 4) is 0 Å².